The molecule has 1 aliphatic heterocycles. The van der Waals surface area contributed by atoms with Crippen LogP contribution in [0.25, 0.3) is 10.4 Å². The molecule has 2 fully saturated rings. The van der Waals surface area contributed by atoms with Crippen molar-refractivity contribution in [1.29, 1.82) is 0 Å². The van der Waals surface area contributed by atoms with Crippen molar-refractivity contribution in [3.8, 4) is 10.4 Å². The monoisotopic (exact) mass is 530 g/mol. The van der Waals surface area contributed by atoms with Crippen LogP contribution in [-0.4, -0.2) is 52.4 Å². The van der Waals surface area contributed by atoms with Gasteiger partial charge in [-0.05, 0) is 68.6 Å². The average molecular weight is 531 g/mol. The van der Waals surface area contributed by atoms with Gasteiger partial charge in [0.1, 0.15) is 17.8 Å². The summed E-state index contributed by atoms with van der Waals surface area (Å²) >= 11 is 1.62. The van der Waals surface area contributed by atoms with E-state index < -0.39 is 23.2 Å². The zero-order chi connectivity index (χ0) is 27.4. The highest BCUT2D eigenvalue weighted by Gasteiger charge is 2.41. The highest BCUT2D eigenvalue weighted by Crippen LogP contribution is 2.38. The van der Waals surface area contributed by atoms with E-state index in [1.165, 1.54) is 0 Å². The number of carbonyl (C=O) groups excluding carboxylic acids is 3. The molecule has 1 saturated carbocycles. The number of rotatable bonds is 7. The molecule has 1 aromatic heterocycles. The van der Waals surface area contributed by atoms with E-state index in [1.54, 1.807) is 23.2 Å². The van der Waals surface area contributed by atoms with Crippen molar-refractivity contribution in [1.82, 2.24) is 20.5 Å². The van der Waals surface area contributed by atoms with Gasteiger partial charge in [-0.15, -0.1) is 11.3 Å². The van der Waals surface area contributed by atoms with Gasteiger partial charge in [-0.25, -0.2) is 9.37 Å². The number of nitrogens with zero attached hydrogens (tertiary/aromatic N) is 2. The summed E-state index contributed by atoms with van der Waals surface area (Å²) in [6.07, 6.45) is 3.51. The molecule has 2 N–H and O–H groups in total. The Kier molecular flexibility index (Phi) is 9.10. The fourth-order valence-corrected chi connectivity index (χ4v) is 5.12. The third-order valence-electron chi connectivity index (χ3n) is 6.93. The highest BCUT2D eigenvalue weighted by atomic mass is 32.1. The molecule has 202 valence electrons. The van der Waals surface area contributed by atoms with Crippen LogP contribution in [0.3, 0.4) is 0 Å². The van der Waals surface area contributed by atoms with Crippen LogP contribution < -0.4 is 10.6 Å². The number of aryl methyl sites for hydroxylation is 2. The molecule has 0 spiro atoms. The molecule has 9 heteroatoms. The maximum atomic E-state index is 13.1. The first kappa shape index (κ1) is 28.8. The molecule has 2 heterocycles. The van der Waals surface area contributed by atoms with Gasteiger partial charge in [-0.3, -0.25) is 14.4 Å². The Balaban J connectivity index is 0.000000678. The number of aromatic nitrogens is 1. The van der Waals surface area contributed by atoms with Crippen LogP contribution in [0.1, 0.15) is 70.2 Å². The third-order valence-corrected chi connectivity index (χ3v) is 7.91. The Labute approximate surface area is 223 Å². The number of likely N-dealkylation sites (tertiary alicyclic amines) is 1. The third kappa shape index (κ3) is 7.60. The number of amides is 3. The van der Waals surface area contributed by atoms with Crippen molar-refractivity contribution < 1.29 is 18.8 Å². The molecule has 1 aromatic carbocycles. The van der Waals surface area contributed by atoms with E-state index in [2.05, 4.69) is 27.8 Å². The highest BCUT2D eigenvalue weighted by molar-refractivity contribution is 7.13. The lowest BCUT2D eigenvalue weighted by Crippen LogP contribution is -2.56. The number of halogens is 1. The largest absolute Gasteiger partial charge is 0.350 e. The van der Waals surface area contributed by atoms with Crippen LogP contribution in [0, 0.1) is 19.3 Å². The molecule has 1 saturated heterocycles. The van der Waals surface area contributed by atoms with Gasteiger partial charge in [0.25, 0.3) is 0 Å². The quantitative estimate of drug-likeness (QED) is 0.508. The zero-order valence-corrected chi connectivity index (χ0v) is 23.5. The number of hydrogen-bond acceptors (Lipinski definition) is 5. The number of benzene rings is 1. The summed E-state index contributed by atoms with van der Waals surface area (Å²) in [5, 5.41) is 5.65. The molecule has 4 rings (SSSR count). The molecule has 3 amide bonds. The Morgan fingerprint density at radius 3 is 2.49 bits per heavy atom. The topological polar surface area (TPSA) is 91.4 Å². The standard InChI is InChI=1S/C24H32N4O3S.C4H7F/c1-15-11-17(20-16(2)27-14-32-20)8-9-18(15)12-25-22(30)19-7-6-10-28(19)23(31)21(26-13-29)24(3,4)5;1-4(5)2-3-4/h8-9,11,13-14,19,21H,6-7,10,12H2,1-5H3,(H,25,30)(H,26,29);2-3H2,1H3. The second-order valence-electron chi connectivity index (χ2n) is 11.3. The van der Waals surface area contributed by atoms with E-state index in [9.17, 15) is 18.8 Å². The molecule has 1 aliphatic carbocycles. The summed E-state index contributed by atoms with van der Waals surface area (Å²) in [4.78, 5) is 44.2. The van der Waals surface area contributed by atoms with Crippen molar-refractivity contribution in [2.24, 2.45) is 5.41 Å². The number of hydrogen-bond donors (Lipinski definition) is 2. The van der Waals surface area contributed by atoms with Crippen molar-refractivity contribution in [2.45, 2.75) is 91.5 Å². The number of alkyl halides is 1. The van der Waals surface area contributed by atoms with Crippen LogP contribution in [0.5, 0.6) is 0 Å². The Morgan fingerprint density at radius 2 is 1.97 bits per heavy atom. The van der Waals surface area contributed by atoms with E-state index in [-0.39, 0.29) is 11.8 Å². The van der Waals surface area contributed by atoms with Crippen molar-refractivity contribution in [3.05, 3.63) is 40.5 Å². The summed E-state index contributed by atoms with van der Waals surface area (Å²) in [5.74, 6) is -0.362. The lowest BCUT2D eigenvalue weighted by molar-refractivity contribution is -0.142. The van der Waals surface area contributed by atoms with Gasteiger partial charge in [0, 0.05) is 13.1 Å². The molecular weight excluding hydrogens is 491 g/mol. The molecule has 37 heavy (non-hydrogen) atoms. The van der Waals surface area contributed by atoms with Gasteiger partial charge in [-0.2, -0.15) is 0 Å². The zero-order valence-electron chi connectivity index (χ0n) is 22.7. The minimum absolute atomic E-state index is 0.156. The summed E-state index contributed by atoms with van der Waals surface area (Å²) in [5.41, 5.74) is 4.92. The van der Waals surface area contributed by atoms with Crippen LogP contribution in [0.15, 0.2) is 23.7 Å². The summed E-state index contributed by atoms with van der Waals surface area (Å²) in [6.45, 7) is 12.3. The summed E-state index contributed by atoms with van der Waals surface area (Å²) < 4.78 is 11.8. The fourth-order valence-electron chi connectivity index (χ4n) is 4.32. The van der Waals surface area contributed by atoms with Crippen LogP contribution in [0.2, 0.25) is 0 Å². The fraction of sp³-hybridized carbons (Fsp3) is 0.571. The Morgan fingerprint density at radius 1 is 1.30 bits per heavy atom. The lowest BCUT2D eigenvalue weighted by Gasteiger charge is -2.34. The molecule has 2 aliphatic rings. The molecule has 2 aromatic rings. The van der Waals surface area contributed by atoms with Crippen molar-refractivity contribution in [3.63, 3.8) is 0 Å². The first-order chi connectivity index (χ1) is 17.3. The number of carbonyl (C=O) groups is 3. The molecule has 2 unspecified atom stereocenters. The SMILES string of the molecule is CC1(F)CC1.Cc1cc(-c2scnc2C)ccc1CNC(=O)C1CCCN1C(=O)C(NC=O)C(C)(C)C. The number of thiazole rings is 1. The average Bonchev–Trinajstić information content (AvgIpc) is 3.20. The van der Waals surface area contributed by atoms with E-state index in [4.69, 9.17) is 0 Å². The van der Waals surface area contributed by atoms with Gasteiger partial charge in [0.2, 0.25) is 18.2 Å². The van der Waals surface area contributed by atoms with Gasteiger partial charge < -0.3 is 15.5 Å². The molecule has 0 bridgehead atoms. The predicted molar refractivity (Wildman–Crippen MR) is 145 cm³/mol. The van der Waals surface area contributed by atoms with Gasteiger partial charge in [-0.1, -0.05) is 39.0 Å². The summed E-state index contributed by atoms with van der Waals surface area (Å²) in [6, 6.07) is 5.02. The lowest BCUT2D eigenvalue weighted by atomic mass is 9.85. The first-order valence-corrected chi connectivity index (χ1v) is 13.7. The summed E-state index contributed by atoms with van der Waals surface area (Å²) in [7, 11) is 0. The smallest absolute Gasteiger partial charge is 0.246 e. The molecule has 7 nitrogen and oxygen atoms in total. The van der Waals surface area contributed by atoms with Gasteiger partial charge in [0.15, 0.2) is 0 Å². The molecule has 2 atom stereocenters. The number of nitrogens with one attached hydrogen (secondary N) is 2. The maximum absolute atomic E-state index is 13.1. The minimum atomic E-state index is -0.750. The van der Waals surface area contributed by atoms with Crippen LogP contribution >= 0.6 is 11.3 Å². The normalized spacial score (nSPS) is 18.9. The Hall–Kier alpha value is -2.81. The second-order valence-corrected chi connectivity index (χ2v) is 12.2. The van der Waals surface area contributed by atoms with E-state index in [0.717, 1.165) is 46.5 Å². The van der Waals surface area contributed by atoms with E-state index >= 15 is 0 Å². The van der Waals surface area contributed by atoms with Crippen molar-refractivity contribution in [2.75, 3.05) is 6.54 Å². The van der Waals surface area contributed by atoms with Gasteiger partial charge in [0.05, 0.1) is 16.1 Å². The van der Waals surface area contributed by atoms with Crippen molar-refractivity contribution >= 4 is 29.6 Å². The minimum Gasteiger partial charge on any atom is -0.350 e. The predicted octanol–water partition coefficient (Wildman–Crippen LogP) is 4.70. The van der Waals surface area contributed by atoms with E-state index in [1.807, 2.05) is 46.2 Å². The Bertz CT molecular complexity index is 1120. The van der Waals surface area contributed by atoms with Crippen LogP contribution in [-0.2, 0) is 20.9 Å². The molecule has 0 radical (unpaired) electrons. The first-order valence-electron chi connectivity index (χ1n) is 12.8. The second kappa shape index (κ2) is 11.7. The van der Waals surface area contributed by atoms with E-state index in [0.29, 0.717) is 25.9 Å². The molecular formula is C28H39FN4O3S. The van der Waals surface area contributed by atoms with Gasteiger partial charge >= 0.3 is 0 Å². The van der Waals surface area contributed by atoms with Crippen LogP contribution in [0.4, 0.5) is 4.39 Å². The maximum Gasteiger partial charge on any atom is 0.246 e.